The van der Waals surface area contributed by atoms with Gasteiger partial charge in [-0.2, -0.15) is 5.10 Å². The van der Waals surface area contributed by atoms with E-state index in [2.05, 4.69) is 5.10 Å². The fourth-order valence-electron chi connectivity index (χ4n) is 3.17. The Morgan fingerprint density at radius 2 is 2.05 bits per heavy atom. The number of carboxylic acid groups (broad SMARTS) is 1. The van der Waals surface area contributed by atoms with Crippen LogP contribution in [0.4, 0.5) is 0 Å². The number of carbonyl (C=O) groups is 2. The predicted octanol–water partition coefficient (Wildman–Crippen LogP) is 1.29. The number of aliphatic carboxylic acids is 1. The summed E-state index contributed by atoms with van der Waals surface area (Å²) in [6, 6.07) is 7.79. The average molecular weight is 301 g/mol. The maximum atomic E-state index is 12.5. The maximum absolute atomic E-state index is 12.5. The lowest BCUT2D eigenvalue weighted by molar-refractivity contribution is -0.142. The molecule has 1 saturated heterocycles. The molecule has 0 unspecified atom stereocenters. The molecule has 1 aromatic carbocycles. The number of fused-ring (bicyclic) bond motifs is 1. The molecule has 3 rings (SSSR count). The minimum Gasteiger partial charge on any atom is -0.481 e. The van der Waals surface area contributed by atoms with Crippen LogP contribution in [0.25, 0.3) is 10.9 Å². The molecule has 22 heavy (non-hydrogen) atoms. The van der Waals surface area contributed by atoms with Crippen LogP contribution in [0.5, 0.6) is 0 Å². The molecule has 0 radical (unpaired) electrons. The van der Waals surface area contributed by atoms with Gasteiger partial charge < -0.3 is 10.0 Å². The van der Waals surface area contributed by atoms with Gasteiger partial charge in [-0.05, 0) is 12.0 Å². The Balaban J connectivity index is 1.78. The third kappa shape index (κ3) is 2.45. The predicted molar refractivity (Wildman–Crippen MR) is 81.3 cm³/mol. The Hall–Kier alpha value is -2.37. The molecule has 1 amide bonds. The van der Waals surface area contributed by atoms with Gasteiger partial charge in [-0.1, -0.05) is 25.1 Å². The van der Waals surface area contributed by atoms with Gasteiger partial charge >= 0.3 is 5.97 Å². The Morgan fingerprint density at radius 3 is 2.73 bits per heavy atom. The highest BCUT2D eigenvalue weighted by Gasteiger charge is 2.37. The summed E-state index contributed by atoms with van der Waals surface area (Å²) in [6.45, 7) is 2.67. The zero-order valence-corrected chi connectivity index (χ0v) is 12.7. The minimum atomic E-state index is -0.828. The zero-order chi connectivity index (χ0) is 15.9. The quantitative estimate of drug-likeness (QED) is 0.927. The summed E-state index contributed by atoms with van der Waals surface area (Å²) in [6.07, 6.45) is 0.209. The van der Waals surface area contributed by atoms with Crippen LogP contribution in [0.2, 0.25) is 0 Å². The van der Waals surface area contributed by atoms with Gasteiger partial charge in [0.15, 0.2) is 0 Å². The van der Waals surface area contributed by atoms with Crippen molar-refractivity contribution in [3.05, 3.63) is 30.0 Å². The van der Waals surface area contributed by atoms with E-state index in [1.807, 2.05) is 38.2 Å². The van der Waals surface area contributed by atoms with Gasteiger partial charge in [0.2, 0.25) is 5.91 Å². The van der Waals surface area contributed by atoms with E-state index in [1.165, 1.54) is 0 Å². The Morgan fingerprint density at radius 1 is 1.32 bits per heavy atom. The summed E-state index contributed by atoms with van der Waals surface area (Å²) in [5.41, 5.74) is 1.73. The molecule has 6 nitrogen and oxygen atoms in total. The number of aromatic nitrogens is 2. The third-order valence-corrected chi connectivity index (χ3v) is 4.44. The van der Waals surface area contributed by atoms with Crippen molar-refractivity contribution in [1.82, 2.24) is 14.7 Å². The lowest BCUT2D eigenvalue weighted by atomic mass is 9.99. The Kier molecular flexibility index (Phi) is 3.60. The first-order valence-electron chi connectivity index (χ1n) is 7.38. The molecule has 0 aliphatic carbocycles. The summed E-state index contributed by atoms with van der Waals surface area (Å²) < 4.78 is 1.77. The molecule has 1 aromatic heterocycles. The summed E-state index contributed by atoms with van der Waals surface area (Å²) in [5.74, 6) is -1.36. The number of benzene rings is 1. The second kappa shape index (κ2) is 5.44. The molecule has 0 saturated carbocycles. The van der Waals surface area contributed by atoms with Crippen molar-refractivity contribution in [2.45, 2.75) is 13.3 Å². The molecular formula is C16H19N3O3. The van der Waals surface area contributed by atoms with E-state index >= 15 is 0 Å². The highest BCUT2D eigenvalue weighted by molar-refractivity contribution is 5.88. The van der Waals surface area contributed by atoms with E-state index in [0.29, 0.717) is 13.1 Å². The van der Waals surface area contributed by atoms with E-state index in [-0.39, 0.29) is 18.2 Å². The van der Waals surface area contributed by atoms with Crippen molar-refractivity contribution in [1.29, 1.82) is 0 Å². The highest BCUT2D eigenvalue weighted by atomic mass is 16.4. The van der Waals surface area contributed by atoms with E-state index in [0.717, 1.165) is 16.6 Å². The first kappa shape index (κ1) is 14.6. The summed E-state index contributed by atoms with van der Waals surface area (Å²) in [5, 5.41) is 14.6. The van der Waals surface area contributed by atoms with Gasteiger partial charge in [-0.25, -0.2) is 0 Å². The molecule has 0 bridgehead atoms. The van der Waals surface area contributed by atoms with Crippen molar-refractivity contribution in [3.63, 3.8) is 0 Å². The molecule has 1 aliphatic heterocycles. The average Bonchev–Trinajstić information content (AvgIpc) is 3.01. The van der Waals surface area contributed by atoms with Crippen LogP contribution in [0.3, 0.4) is 0 Å². The number of likely N-dealkylation sites (tertiary alicyclic amines) is 1. The number of hydrogen-bond donors (Lipinski definition) is 1. The second-order valence-electron chi connectivity index (χ2n) is 5.98. The number of carboxylic acids is 1. The monoisotopic (exact) mass is 301 g/mol. The second-order valence-corrected chi connectivity index (χ2v) is 5.98. The summed E-state index contributed by atoms with van der Waals surface area (Å²) in [4.78, 5) is 25.3. The molecule has 2 heterocycles. The van der Waals surface area contributed by atoms with E-state index in [4.69, 9.17) is 5.11 Å². The van der Waals surface area contributed by atoms with Crippen molar-refractivity contribution >= 4 is 22.8 Å². The number of para-hydroxylation sites is 1. The first-order chi connectivity index (χ1) is 10.5. The van der Waals surface area contributed by atoms with Gasteiger partial charge in [0.05, 0.1) is 23.5 Å². The molecule has 0 spiro atoms. The van der Waals surface area contributed by atoms with Crippen LogP contribution >= 0.6 is 0 Å². The largest absolute Gasteiger partial charge is 0.481 e. The van der Waals surface area contributed by atoms with Crippen LogP contribution in [-0.4, -0.2) is 44.8 Å². The lowest BCUT2D eigenvalue weighted by Crippen LogP contribution is -2.31. The molecule has 2 atom stereocenters. The molecule has 1 aliphatic rings. The number of nitrogens with zero attached hydrogens (tertiary/aromatic N) is 3. The van der Waals surface area contributed by atoms with Crippen molar-refractivity contribution in [2.75, 3.05) is 13.1 Å². The topological polar surface area (TPSA) is 75.4 Å². The number of rotatable bonds is 3. The number of carbonyl (C=O) groups excluding carboxylic acids is 1. The van der Waals surface area contributed by atoms with Crippen LogP contribution in [0, 0.1) is 11.8 Å². The SMILES string of the molecule is C[C@@H]1CN(C(=O)Cc2nn(C)c3ccccc23)C[C@H]1C(=O)O. The number of hydrogen-bond acceptors (Lipinski definition) is 3. The fourth-order valence-corrected chi connectivity index (χ4v) is 3.17. The molecule has 6 heteroatoms. The van der Waals surface area contributed by atoms with Gasteiger partial charge in [-0.15, -0.1) is 0 Å². The fraction of sp³-hybridized carbons (Fsp3) is 0.438. The smallest absolute Gasteiger partial charge is 0.308 e. The van der Waals surface area contributed by atoms with E-state index in [1.54, 1.807) is 9.58 Å². The number of aryl methyl sites for hydroxylation is 1. The van der Waals surface area contributed by atoms with Crippen LogP contribution in [0.15, 0.2) is 24.3 Å². The van der Waals surface area contributed by atoms with E-state index < -0.39 is 11.9 Å². The minimum absolute atomic E-state index is 0.0121. The highest BCUT2D eigenvalue weighted by Crippen LogP contribution is 2.25. The molecule has 1 N–H and O–H groups in total. The van der Waals surface area contributed by atoms with Crippen LogP contribution in [-0.2, 0) is 23.1 Å². The van der Waals surface area contributed by atoms with Gasteiger partial charge in [0, 0.05) is 25.5 Å². The normalized spacial score (nSPS) is 21.5. The van der Waals surface area contributed by atoms with Gasteiger partial charge in [0.25, 0.3) is 0 Å². The van der Waals surface area contributed by atoms with E-state index in [9.17, 15) is 9.59 Å². The van der Waals surface area contributed by atoms with Crippen LogP contribution < -0.4 is 0 Å². The zero-order valence-electron chi connectivity index (χ0n) is 12.7. The van der Waals surface area contributed by atoms with Crippen molar-refractivity contribution < 1.29 is 14.7 Å². The summed E-state index contributed by atoms with van der Waals surface area (Å²) in [7, 11) is 1.86. The summed E-state index contributed by atoms with van der Waals surface area (Å²) >= 11 is 0. The van der Waals surface area contributed by atoms with Gasteiger partial charge in [0.1, 0.15) is 0 Å². The first-order valence-corrected chi connectivity index (χ1v) is 7.38. The molecule has 116 valence electrons. The maximum Gasteiger partial charge on any atom is 0.308 e. The van der Waals surface area contributed by atoms with Crippen molar-refractivity contribution in [2.24, 2.45) is 18.9 Å². The molecule has 1 fully saturated rings. The Labute approximate surface area is 128 Å². The Bertz CT molecular complexity index is 737. The standard InChI is InChI=1S/C16H19N3O3/c1-10-8-19(9-12(10)16(21)22)15(20)7-13-11-5-3-4-6-14(11)18(2)17-13/h3-6,10,12H,7-9H2,1-2H3,(H,21,22)/t10-,12-/m1/s1. The van der Waals surface area contributed by atoms with Crippen LogP contribution in [0.1, 0.15) is 12.6 Å². The molecule has 2 aromatic rings. The van der Waals surface area contributed by atoms with Gasteiger partial charge in [-0.3, -0.25) is 14.3 Å². The van der Waals surface area contributed by atoms with Crippen molar-refractivity contribution in [3.8, 4) is 0 Å². The third-order valence-electron chi connectivity index (χ3n) is 4.44. The number of amides is 1. The molecular weight excluding hydrogens is 282 g/mol. The lowest BCUT2D eigenvalue weighted by Gasteiger charge is -2.15.